The summed E-state index contributed by atoms with van der Waals surface area (Å²) in [4.78, 5) is 13.6. The Morgan fingerprint density at radius 1 is 1.28 bits per heavy atom. The second kappa shape index (κ2) is 7.68. The van der Waals surface area contributed by atoms with Crippen molar-refractivity contribution in [2.24, 2.45) is 0 Å². The third-order valence-corrected chi connectivity index (χ3v) is 6.07. The van der Waals surface area contributed by atoms with Crippen molar-refractivity contribution in [3.8, 4) is 0 Å². The van der Waals surface area contributed by atoms with E-state index in [1.165, 1.54) is 18.3 Å². The van der Waals surface area contributed by atoms with E-state index >= 15 is 0 Å². The third kappa shape index (κ3) is 4.11. The number of likely N-dealkylation sites (tertiary alicyclic amines) is 1. The minimum absolute atomic E-state index is 0.0993. The number of hydrogen-bond acceptors (Lipinski definition) is 4. The predicted molar refractivity (Wildman–Crippen MR) is 98.5 cm³/mol. The van der Waals surface area contributed by atoms with Crippen molar-refractivity contribution < 1.29 is 18.3 Å². The van der Waals surface area contributed by atoms with E-state index in [4.69, 9.17) is 0 Å². The molecule has 1 aromatic rings. The Morgan fingerprint density at radius 2 is 1.88 bits per heavy atom. The average molecular weight is 366 g/mol. The van der Waals surface area contributed by atoms with Crippen LogP contribution in [0.15, 0.2) is 30.3 Å². The number of likely N-dealkylation sites (N-methyl/N-ethyl adjacent to an activating group) is 1. The molecule has 1 saturated heterocycles. The topological polar surface area (TPSA) is 77.9 Å². The molecule has 3 atom stereocenters. The van der Waals surface area contributed by atoms with E-state index < -0.39 is 10.0 Å². The van der Waals surface area contributed by atoms with Gasteiger partial charge in [0.25, 0.3) is 0 Å². The zero-order valence-corrected chi connectivity index (χ0v) is 15.9. The minimum Gasteiger partial charge on any atom is -0.394 e. The number of sulfonamides is 1. The first-order chi connectivity index (χ1) is 11.7. The number of carbonyl (C=O) groups is 1. The van der Waals surface area contributed by atoms with Gasteiger partial charge >= 0.3 is 0 Å². The van der Waals surface area contributed by atoms with Crippen molar-refractivity contribution >= 4 is 22.0 Å². The number of amides is 1. The van der Waals surface area contributed by atoms with E-state index in [1.54, 1.807) is 4.90 Å². The lowest BCUT2D eigenvalue weighted by molar-refractivity contribution is -0.148. The second-order valence-corrected chi connectivity index (χ2v) is 8.57. The lowest BCUT2D eigenvalue weighted by Gasteiger charge is -2.55. The molecule has 1 heterocycles. The molecule has 25 heavy (non-hydrogen) atoms. The Hall–Kier alpha value is -1.70. The molecule has 1 fully saturated rings. The van der Waals surface area contributed by atoms with Crippen LogP contribution in [0, 0.1) is 0 Å². The number of rotatable bonds is 6. The van der Waals surface area contributed by atoms with Crippen LogP contribution in [0.1, 0.15) is 30.9 Å². The van der Waals surface area contributed by atoms with Gasteiger partial charge in [0.15, 0.2) is 0 Å². The van der Waals surface area contributed by atoms with Crippen molar-refractivity contribution in [3.63, 3.8) is 0 Å². The van der Waals surface area contributed by atoms with Crippen molar-refractivity contribution in [3.05, 3.63) is 41.5 Å². The molecule has 138 valence electrons. The van der Waals surface area contributed by atoms with Gasteiger partial charge in [-0.1, -0.05) is 36.4 Å². The molecule has 0 aromatic heterocycles. The van der Waals surface area contributed by atoms with Crippen molar-refractivity contribution in [2.45, 2.75) is 31.8 Å². The highest BCUT2D eigenvalue weighted by molar-refractivity contribution is 7.88. The highest BCUT2D eigenvalue weighted by Gasteiger charge is 2.50. The maximum atomic E-state index is 12.0. The average Bonchev–Trinajstić information content (AvgIpc) is 2.51. The Kier molecular flexibility index (Phi) is 6.03. The zero-order chi connectivity index (χ0) is 18.8. The lowest BCUT2D eigenvalue weighted by Crippen LogP contribution is -2.68. The van der Waals surface area contributed by atoms with E-state index in [0.29, 0.717) is 0 Å². The second-order valence-electron chi connectivity index (χ2n) is 6.48. The number of aliphatic hydroxyl groups is 1. The lowest BCUT2D eigenvalue weighted by atomic mass is 9.75. The van der Waals surface area contributed by atoms with Gasteiger partial charge in [0.2, 0.25) is 15.9 Å². The largest absolute Gasteiger partial charge is 0.394 e. The van der Waals surface area contributed by atoms with E-state index in [1.807, 2.05) is 43.3 Å². The van der Waals surface area contributed by atoms with Crippen LogP contribution in [0.3, 0.4) is 0 Å². The van der Waals surface area contributed by atoms with Crippen LogP contribution in [-0.2, 0) is 14.8 Å². The minimum atomic E-state index is -3.34. The van der Waals surface area contributed by atoms with Gasteiger partial charge in [-0.2, -0.15) is 0 Å². The van der Waals surface area contributed by atoms with Crippen LogP contribution in [0.25, 0.3) is 6.08 Å². The SMILES string of the molecule is C/C=C/c1ccc([C@@H]2[C@@H](CO)N(C(C)=O)[C@H]2CN(C)S(C)(=O)=O)cc1. The van der Waals surface area contributed by atoms with Gasteiger partial charge in [-0.15, -0.1) is 0 Å². The molecular formula is C18H26N2O4S. The Labute approximate surface area is 149 Å². The maximum absolute atomic E-state index is 12.0. The number of carbonyl (C=O) groups excluding carboxylic acids is 1. The number of nitrogens with zero attached hydrogens (tertiary/aromatic N) is 2. The van der Waals surface area contributed by atoms with E-state index in [2.05, 4.69) is 0 Å². The maximum Gasteiger partial charge on any atom is 0.220 e. The standard InChI is InChI=1S/C18H26N2O4S/c1-5-6-14-7-9-15(10-8-14)18-16(11-19(3)25(4,23)24)20(13(2)22)17(18)12-21/h5-10,16-18,21H,11-12H2,1-4H3/b6-5+/t16-,17+,18-/m0/s1. The van der Waals surface area contributed by atoms with Gasteiger partial charge in [-0.3, -0.25) is 4.79 Å². The fourth-order valence-corrected chi connectivity index (χ4v) is 3.91. The third-order valence-electron chi connectivity index (χ3n) is 4.79. The highest BCUT2D eigenvalue weighted by Crippen LogP contribution is 2.41. The summed E-state index contributed by atoms with van der Waals surface area (Å²) in [5, 5.41) is 9.75. The molecule has 1 aliphatic rings. The molecular weight excluding hydrogens is 340 g/mol. The highest BCUT2D eigenvalue weighted by atomic mass is 32.2. The van der Waals surface area contributed by atoms with Gasteiger partial charge in [-0.25, -0.2) is 12.7 Å². The van der Waals surface area contributed by atoms with Gasteiger partial charge < -0.3 is 10.0 Å². The van der Waals surface area contributed by atoms with E-state index in [9.17, 15) is 18.3 Å². The summed E-state index contributed by atoms with van der Waals surface area (Å²) in [7, 11) is -1.84. The molecule has 0 saturated carbocycles. The van der Waals surface area contributed by atoms with Crippen LogP contribution >= 0.6 is 0 Å². The molecule has 1 aromatic carbocycles. The fourth-order valence-electron chi connectivity index (χ4n) is 3.48. The van der Waals surface area contributed by atoms with Crippen molar-refractivity contribution in [1.29, 1.82) is 0 Å². The monoisotopic (exact) mass is 366 g/mol. The molecule has 0 spiro atoms. The molecule has 0 bridgehead atoms. The van der Waals surface area contributed by atoms with Gasteiger partial charge in [0.05, 0.1) is 24.9 Å². The Balaban J connectivity index is 2.32. The first-order valence-corrected chi connectivity index (χ1v) is 10.1. The summed E-state index contributed by atoms with van der Waals surface area (Å²) >= 11 is 0. The molecule has 0 unspecified atom stereocenters. The van der Waals surface area contributed by atoms with E-state index in [0.717, 1.165) is 17.4 Å². The van der Waals surface area contributed by atoms with Gasteiger partial charge in [0, 0.05) is 26.4 Å². The number of benzene rings is 1. The molecule has 0 aliphatic carbocycles. The first kappa shape index (κ1) is 19.6. The molecule has 1 N–H and O–H groups in total. The van der Waals surface area contributed by atoms with Crippen molar-refractivity contribution in [2.75, 3.05) is 26.5 Å². The smallest absolute Gasteiger partial charge is 0.220 e. The number of allylic oxidation sites excluding steroid dienone is 1. The summed E-state index contributed by atoms with van der Waals surface area (Å²) in [5.41, 5.74) is 2.07. The van der Waals surface area contributed by atoms with Gasteiger partial charge in [-0.05, 0) is 18.1 Å². The summed E-state index contributed by atoms with van der Waals surface area (Å²) in [6.45, 7) is 3.45. The van der Waals surface area contributed by atoms with Crippen molar-refractivity contribution in [1.82, 2.24) is 9.21 Å². The van der Waals surface area contributed by atoms with Crippen LogP contribution in [-0.4, -0.2) is 67.2 Å². The molecule has 1 amide bonds. The van der Waals surface area contributed by atoms with Crippen LogP contribution in [0.4, 0.5) is 0 Å². The molecule has 1 aliphatic heterocycles. The molecule has 7 heteroatoms. The normalized spacial score (nSPS) is 23.9. The summed E-state index contributed by atoms with van der Waals surface area (Å²) in [6, 6.07) is 7.31. The molecule has 6 nitrogen and oxygen atoms in total. The number of hydrogen-bond donors (Lipinski definition) is 1. The Bertz CT molecular complexity index is 743. The van der Waals surface area contributed by atoms with Crippen LogP contribution < -0.4 is 0 Å². The summed E-state index contributed by atoms with van der Waals surface area (Å²) in [5.74, 6) is -0.259. The fraction of sp³-hybridized carbons (Fsp3) is 0.500. The summed E-state index contributed by atoms with van der Waals surface area (Å²) < 4.78 is 24.8. The van der Waals surface area contributed by atoms with Crippen LogP contribution in [0.2, 0.25) is 0 Å². The Morgan fingerprint density at radius 3 is 2.32 bits per heavy atom. The predicted octanol–water partition coefficient (Wildman–Crippen LogP) is 1.29. The first-order valence-electron chi connectivity index (χ1n) is 8.24. The quantitative estimate of drug-likeness (QED) is 0.823. The molecule has 0 radical (unpaired) electrons. The van der Waals surface area contributed by atoms with E-state index in [-0.39, 0.29) is 37.1 Å². The summed E-state index contributed by atoms with van der Waals surface area (Å²) in [6.07, 6.45) is 5.09. The zero-order valence-electron chi connectivity index (χ0n) is 15.1. The van der Waals surface area contributed by atoms with Gasteiger partial charge in [0.1, 0.15) is 0 Å². The van der Waals surface area contributed by atoms with Crippen LogP contribution in [0.5, 0.6) is 0 Å². The number of aliphatic hydroxyl groups excluding tert-OH is 1. The molecule has 2 rings (SSSR count).